The van der Waals surface area contributed by atoms with Crippen molar-refractivity contribution in [2.24, 2.45) is 0 Å². The number of hydrogen-bond donors (Lipinski definition) is 3. The summed E-state index contributed by atoms with van der Waals surface area (Å²) in [6, 6.07) is 0. The van der Waals surface area contributed by atoms with Crippen molar-refractivity contribution in [3.05, 3.63) is 20.8 Å². The first-order valence-electron chi connectivity index (χ1n) is 4.80. The topological polar surface area (TPSA) is 110 Å². The largest absolute Gasteiger partial charge is 0.369 e. The SMILES string of the molecule is Nc1nc2[nH]c(=O)n(CC(F)C(F)F)c2c(=O)[nH]1. The minimum atomic E-state index is -3.25. The van der Waals surface area contributed by atoms with E-state index in [0.29, 0.717) is 4.57 Å². The third-order valence-electron chi connectivity index (χ3n) is 2.28. The molecule has 0 fully saturated rings. The molecule has 1 atom stereocenters. The van der Waals surface area contributed by atoms with Gasteiger partial charge >= 0.3 is 5.69 Å². The van der Waals surface area contributed by atoms with Crippen molar-refractivity contribution in [3.63, 3.8) is 0 Å². The Hall–Kier alpha value is -2.26. The first kappa shape index (κ1) is 12.2. The van der Waals surface area contributed by atoms with Crippen molar-refractivity contribution >= 4 is 17.1 Å². The van der Waals surface area contributed by atoms with Crippen LogP contribution in [0.25, 0.3) is 11.2 Å². The highest BCUT2D eigenvalue weighted by Crippen LogP contribution is 2.10. The Balaban J connectivity index is 2.61. The van der Waals surface area contributed by atoms with Crippen LogP contribution in [0.3, 0.4) is 0 Å². The number of H-pyrrole nitrogens is 2. The summed E-state index contributed by atoms with van der Waals surface area (Å²) in [5.74, 6) is -0.244. The maximum atomic E-state index is 12.9. The number of fused-ring (bicyclic) bond motifs is 1. The van der Waals surface area contributed by atoms with Gasteiger partial charge in [-0.25, -0.2) is 18.0 Å². The average molecular weight is 263 g/mol. The molecule has 0 aromatic carbocycles. The van der Waals surface area contributed by atoms with E-state index < -0.39 is 30.4 Å². The molecule has 2 rings (SSSR count). The molecule has 98 valence electrons. The summed E-state index contributed by atoms with van der Waals surface area (Å²) in [5, 5.41) is 0. The highest BCUT2D eigenvalue weighted by molar-refractivity contribution is 5.70. The second kappa shape index (κ2) is 4.20. The predicted octanol–water partition coefficient (Wildman–Crippen LogP) is -0.402. The van der Waals surface area contributed by atoms with Crippen LogP contribution >= 0.6 is 0 Å². The van der Waals surface area contributed by atoms with E-state index in [-0.39, 0.29) is 17.1 Å². The molecule has 2 aromatic rings. The lowest BCUT2D eigenvalue weighted by atomic mass is 10.4. The summed E-state index contributed by atoms with van der Waals surface area (Å²) in [7, 11) is 0. The van der Waals surface area contributed by atoms with Crippen LogP contribution in [0.15, 0.2) is 9.59 Å². The number of nitrogens with two attached hydrogens (primary N) is 1. The first-order valence-corrected chi connectivity index (χ1v) is 4.80. The van der Waals surface area contributed by atoms with Gasteiger partial charge in [0.15, 0.2) is 17.3 Å². The molecule has 0 spiro atoms. The number of nitrogen functional groups attached to an aromatic ring is 1. The fraction of sp³-hybridized carbons (Fsp3) is 0.375. The summed E-state index contributed by atoms with van der Waals surface area (Å²) < 4.78 is 37.7. The Morgan fingerprint density at radius 1 is 1.28 bits per heavy atom. The lowest BCUT2D eigenvalue weighted by Gasteiger charge is -2.07. The summed E-state index contributed by atoms with van der Waals surface area (Å²) in [5.41, 5.74) is 3.03. The molecule has 0 aliphatic heterocycles. The van der Waals surface area contributed by atoms with Crippen LogP contribution in [-0.2, 0) is 6.54 Å². The Labute approximate surface area is 96.4 Å². The summed E-state index contributed by atoms with van der Waals surface area (Å²) in [6.07, 6.45) is -5.80. The summed E-state index contributed by atoms with van der Waals surface area (Å²) in [6.45, 7) is -0.939. The smallest absolute Gasteiger partial charge is 0.327 e. The molecule has 10 heteroatoms. The van der Waals surface area contributed by atoms with Crippen LogP contribution in [0.2, 0.25) is 0 Å². The monoisotopic (exact) mass is 263 g/mol. The summed E-state index contributed by atoms with van der Waals surface area (Å²) in [4.78, 5) is 30.8. The first-order chi connectivity index (χ1) is 8.40. The van der Waals surface area contributed by atoms with E-state index in [1.807, 2.05) is 0 Å². The van der Waals surface area contributed by atoms with Gasteiger partial charge in [-0.3, -0.25) is 19.3 Å². The van der Waals surface area contributed by atoms with E-state index in [2.05, 4.69) is 15.0 Å². The van der Waals surface area contributed by atoms with Gasteiger partial charge in [-0.15, -0.1) is 0 Å². The van der Waals surface area contributed by atoms with Crippen molar-refractivity contribution in [1.82, 2.24) is 19.5 Å². The van der Waals surface area contributed by atoms with Gasteiger partial charge in [-0.05, 0) is 0 Å². The van der Waals surface area contributed by atoms with E-state index in [9.17, 15) is 22.8 Å². The molecular weight excluding hydrogens is 255 g/mol. The van der Waals surface area contributed by atoms with Gasteiger partial charge in [0.1, 0.15) is 0 Å². The Bertz CT molecular complexity index is 688. The molecule has 0 aliphatic rings. The highest BCUT2D eigenvalue weighted by atomic mass is 19.3. The number of aromatic nitrogens is 4. The molecule has 4 N–H and O–H groups in total. The fourth-order valence-corrected chi connectivity index (χ4v) is 1.52. The second-order valence-corrected chi connectivity index (χ2v) is 3.54. The zero-order valence-electron chi connectivity index (χ0n) is 8.78. The number of hydrogen-bond acceptors (Lipinski definition) is 4. The molecule has 1 unspecified atom stereocenters. The molecule has 18 heavy (non-hydrogen) atoms. The van der Waals surface area contributed by atoms with Crippen LogP contribution in [0, 0.1) is 0 Å². The zero-order chi connectivity index (χ0) is 13.4. The quantitative estimate of drug-likeness (QED) is 0.699. The molecule has 0 bridgehead atoms. The standard InChI is InChI=1S/C8H8F3N5O2/c9-2(4(10)11)1-16-3-5(14-8(16)18)13-7(12)15-6(3)17/h2,4H,1H2,(H4,12,13,14,15,17,18). The highest BCUT2D eigenvalue weighted by Gasteiger charge is 2.23. The van der Waals surface area contributed by atoms with Gasteiger partial charge in [-0.1, -0.05) is 0 Å². The number of alkyl halides is 3. The van der Waals surface area contributed by atoms with Gasteiger partial charge < -0.3 is 5.73 Å². The molecule has 2 aromatic heterocycles. The van der Waals surface area contributed by atoms with E-state index in [1.165, 1.54) is 0 Å². The number of imidazole rings is 1. The zero-order valence-corrected chi connectivity index (χ0v) is 8.78. The van der Waals surface area contributed by atoms with E-state index in [1.54, 1.807) is 0 Å². The van der Waals surface area contributed by atoms with Gasteiger partial charge in [0.2, 0.25) is 5.95 Å². The predicted molar refractivity (Wildman–Crippen MR) is 56.3 cm³/mol. The minimum Gasteiger partial charge on any atom is -0.369 e. The Morgan fingerprint density at radius 2 is 1.94 bits per heavy atom. The molecule has 0 aliphatic carbocycles. The number of nitrogens with zero attached hydrogens (tertiary/aromatic N) is 2. The molecular formula is C8H8F3N5O2. The molecule has 0 radical (unpaired) electrons. The average Bonchev–Trinajstić information content (AvgIpc) is 2.54. The molecule has 0 saturated carbocycles. The number of rotatable bonds is 3. The van der Waals surface area contributed by atoms with E-state index >= 15 is 0 Å². The third kappa shape index (κ3) is 1.96. The number of nitrogens with one attached hydrogen (secondary N) is 2. The van der Waals surface area contributed by atoms with Gasteiger partial charge in [-0.2, -0.15) is 4.98 Å². The third-order valence-corrected chi connectivity index (χ3v) is 2.28. The lowest BCUT2D eigenvalue weighted by Crippen LogP contribution is -2.28. The minimum absolute atomic E-state index is 0.178. The fourth-order valence-electron chi connectivity index (χ4n) is 1.52. The van der Waals surface area contributed by atoms with E-state index in [4.69, 9.17) is 5.73 Å². The summed E-state index contributed by atoms with van der Waals surface area (Å²) >= 11 is 0. The normalized spacial score (nSPS) is 13.3. The van der Waals surface area contributed by atoms with Crippen LogP contribution in [-0.4, -0.2) is 32.1 Å². The van der Waals surface area contributed by atoms with Crippen molar-refractivity contribution in [3.8, 4) is 0 Å². The Kier molecular flexibility index (Phi) is 2.85. The van der Waals surface area contributed by atoms with Crippen LogP contribution in [0.4, 0.5) is 19.1 Å². The molecule has 7 nitrogen and oxygen atoms in total. The van der Waals surface area contributed by atoms with Crippen LogP contribution < -0.4 is 17.0 Å². The molecule has 0 amide bonds. The van der Waals surface area contributed by atoms with Crippen molar-refractivity contribution in [1.29, 1.82) is 0 Å². The van der Waals surface area contributed by atoms with Crippen molar-refractivity contribution in [2.45, 2.75) is 19.1 Å². The van der Waals surface area contributed by atoms with Gasteiger partial charge in [0, 0.05) is 0 Å². The number of aromatic amines is 2. The van der Waals surface area contributed by atoms with Crippen LogP contribution in [0.1, 0.15) is 0 Å². The Morgan fingerprint density at radius 3 is 2.56 bits per heavy atom. The lowest BCUT2D eigenvalue weighted by molar-refractivity contribution is 0.0407. The maximum Gasteiger partial charge on any atom is 0.327 e. The molecule has 2 heterocycles. The number of anilines is 1. The maximum absolute atomic E-state index is 12.9. The molecule has 0 saturated heterocycles. The van der Waals surface area contributed by atoms with Gasteiger partial charge in [0.05, 0.1) is 6.54 Å². The van der Waals surface area contributed by atoms with E-state index in [0.717, 1.165) is 0 Å². The van der Waals surface area contributed by atoms with Crippen molar-refractivity contribution in [2.75, 3.05) is 5.73 Å². The second-order valence-electron chi connectivity index (χ2n) is 3.54. The van der Waals surface area contributed by atoms with Crippen LogP contribution in [0.5, 0.6) is 0 Å². The number of halogens is 3. The van der Waals surface area contributed by atoms with Gasteiger partial charge in [0.25, 0.3) is 12.0 Å². The van der Waals surface area contributed by atoms with Crippen molar-refractivity contribution < 1.29 is 13.2 Å².